The van der Waals surface area contributed by atoms with Crippen LogP contribution in [0.1, 0.15) is 22.2 Å². The molecule has 3 heterocycles. The first-order chi connectivity index (χ1) is 9.81. The number of nitrogens with zero attached hydrogens (tertiary/aromatic N) is 1. The fraction of sp³-hybridized carbons (Fsp3) is 0.400. The Labute approximate surface area is 121 Å². The number of benzene rings is 1. The van der Waals surface area contributed by atoms with Crippen LogP contribution in [0.5, 0.6) is 11.5 Å². The van der Waals surface area contributed by atoms with Crippen LogP contribution in [0.25, 0.3) is 11.3 Å². The van der Waals surface area contributed by atoms with Crippen LogP contribution in [-0.4, -0.2) is 24.9 Å². The summed E-state index contributed by atoms with van der Waals surface area (Å²) in [5.41, 5.74) is 2.19. The number of rotatable bonds is 2. The molecule has 2 aromatic rings. The van der Waals surface area contributed by atoms with Gasteiger partial charge in [0.05, 0.1) is 10.7 Å². The SMILES string of the molecule is Cc1sc(C2CCNC2)nc1-c1ccc2c(c1)OCO2. The average Bonchev–Trinajstić information content (AvgIpc) is 3.17. The van der Waals surface area contributed by atoms with Crippen LogP contribution >= 0.6 is 11.3 Å². The molecule has 104 valence electrons. The topological polar surface area (TPSA) is 43.4 Å². The maximum Gasteiger partial charge on any atom is 0.231 e. The molecule has 1 atom stereocenters. The second-order valence-electron chi connectivity index (χ2n) is 5.21. The molecular weight excluding hydrogens is 272 g/mol. The number of ether oxygens (including phenoxy) is 2. The second kappa shape index (κ2) is 4.75. The molecule has 1 fully saturated rings. The van der Waals surface area contributed by atoms with Gasteiger partial charge in [0.2, 0.25) is 6.79 Å². The predicted molar refractivity (Wildman–Crippen MR) is 78.6 cm³/mol. The molecule has 1 aromatic carbocycles. The van der Waals surface area contributed by atoms with E-state index in [4.69, 9.17) is 14.5 Å². The predicted octanol–water partition coefficient (Wildman–Crippen LogP) is 2.92. The molecule has 0 amide bonds. The van der Waals surface area contributed by atoms with Gasteiger partial charge in [0.1, 0.15) is 0 Å². The Morgan fingerprint density at radius 3 is 3.05 bits per heavy atom. The quantitative estimate of drug-likeness (QED) is 0.922. The average molecular weight is 288 g/mol. The summed E-state index contributed by atoms with van der Waals surface area (Å²) >= 11 is 1.82. The van der Waals surface area contributed by atoms with Gasteiger partial charge in [-0.15, -0.1) is 11.3 Å². The summed E-state index contributed by atoms with van der Waals surface area (Å²) < 4.78 is 10.8. The first-order valence-corrected chi connectivity index (χ1v) is 7.71. The van der Waals surface area contributed by atoms with E-state index in [0.29, 0.717) is 12.7 Å². The molecule has 1 unspecified atom stereocenters. The lowest BCUT2D eigenvalue weighted by molar-refractivity contribution is 0.174. The molecule has 0 aliphatic carbocycles. The fourth-order valence-corrected chi connectivity index (χ4v) is 3.85. The van der Waals surface area contributed by atoms with E-state index >= 15 is 0 Å². The van der Waals surface area contributed by atoms with Gasteiger partial charge in [-0.1, -0.05) is 0 Å². The zero-order valence-corrected chi connectivity index (χ0v) is 12.1. The normalized spacial score (nSPS) is 20.6. The molecule has 0 bridgehead atoms. The van der Waals surface area contributed by atoms with E-state index in [0.717, 1.165) is 35.8 Å². The van der Waals surface area contributed by atoms with Crippen molar-refractivity contribution in [2.75, 3.05) is 19.9 Å². The van der Waals surface area contributed by atoms with E-state index in [-0.39, 0.29) is 0 Å². The van der Waals surface area contributed by atoms with Crippen molar-refractivity contribution in [2.24, 2.45) is 0 Å². The van der Waals surface area contributed by atoms with Crippen molar-refractivity contribution in [1.29, 1.82) is 0 Å². The van der Waals surface area contributed by atoms with Crippen LogP contribution in [0.15, 0.2) is 18.2 Å². The number of hydrogen-bond acceptors (Lipinski definition) is 5. The van der Waals surface area contributed by atoms with Crippen LogP contribution in [-0.2, 0) is 0 Å². The van der Waals surface area contributed by atoms with Crippen molar-refractivity contribution in [2.45, 2.75) is 19.3 Å². The number of aromatic nitrogens is 1. The van der Waals surface area contributed by atoms with Crippen molar-refractivity contribution < 1.29 is 9.47 Å². The van der Waals surface area contributed by atoms with Crippen molar-refractivity contribution in [3.05, 3.63) is 28.1 Å². The molecule has 4 rings (SSSR count). The summed E-state index contributed by atoms with van der Waals surface area (Å²) in [5.74, 6) is 2.21. The minimum atomic E-state index is 0.313. The second-order valence-corrected chi connectivity index (χ2v) is 6.45. The van der Waals surface area contributed by atoms with Crippen LogP contribution in [0.2, 0.25) is 0 Å². The number of thiazole rings is 1. The van der Waals surface area contributed by atoms with Gasteiger partial charge in [-0.05, 0) is 38.1 Å². The fourth-order valence-electron chi connectivity index (χ4n) is 2.77. The molecule has 4 nitrogen and oxygen atoms in total. The summed E-state index contributed by atoms with van der Waals surface area (Å²) in [6.45, 7) is 4.60. The van der Waals surface area contributed by atoms with Crippen molar-refractivity contribution >= 4 is 11.3 Å². The van der Waals surface area contributed by atoms with Crippen LogP contribution in [0, 0.1) is 6.92 Å². The summed E-state index contributed by atoms with van der Waals surface area (Å²) in [6, 6.07) is 6.06. The first kappa shape index (κ1) is 12.2. The standard InChI is InChI=1S/C15H16N2O2S/c1-9-14(17-15(20-9)11-4-5-16-7-11)10-2-3-12-13(6-10)19-8-18-12/h2-3,6,11,16H,4-5,7-8H2,1H3. The molecule has 2 aliphatic heterocycles. The Morgan fingerprint density at radius 2 is 2.20 bits per heavy atom. The highest BCUT2D eigenvalue weighted by Crippen LogP contribution is 2.38. The van der Waals surface area contributed by atoms with Crippen LogP contribution in [0.3, 0.4) is 0 Å². The lowest BCUT2D eigenvalue weighted by Gasteiger charge is -2.03. The van der Waals surface area contributed by atoms with Gasteiger partial charge in [0, 0.05) is 22.9 Å². The zero-order chi connectivity index (χ0) is 13.5. The Morgan fingerprint density at radius 1 is 1.30 bits per heavy atom. The maximum atomic E-state index is 5.45. The summed E-state index contributed by atoms with van der Waals surface area (Å²) in [4.78, 5) is 6.14. The summed E-state index contributed by atoms with van der Waals surface area (Å²) in [6.07, 6.45) is 1.19. The Bertz CT molecular complexity index is 647. The molecule has 0 saturated carbocycles. The minimum Gasteiger partial charge on any atom is -0.454 e. The van der Waals surface area contributed by atoms with Crippen molar-refractivity contribution in [1.82, 2.24) is 10.3 Å². The van der Waals surface area contributed by atoms with Crippen LogP contribution < -0.4 is 14.8 Å². The Kier molecular flexibility index (Phi) is 2.89. The maximum absolute atomic E-state index is 5.45. The molecule has 0 spiro atoms. The Balaban J connectivity index is 1.71. The zero-order valence-electron chi connectivity index (χ0n) is 11.3. The van der Waals surface area contributed by atoms with Gasteiger partial charge in [-0.3, -0.25) is 0 Å². The van der Waals surface area contributed by atoms with Gasteiger partial charge >= 0.3 is 0 Å². The van der Waals surface area contributed by atoms with Gasteiger partial charge in [0.25, 0.3) is 0 Å². The van der Waals surface area contributed by atoms with E-state index in [1.54, 1.807) is 0 Å². The highest BCUT2D eigenvalue weighted by Gasteiger charge is 2.22. The van der Waals surface area contributed by atoms with Gasteiger partial charge in [0.15, 0.2) is 11.5 Å². The van der Waals surface area contributed by atoms with E-state index in [2.05, 4.69) is 18.3 Å². The van der Waals surface area contributed by atoms with E-state index in [1.165, 1.54) is 16.3 Å². The lowest BCUT2D eigenvalue weighted by atomic mass is 10.1. The van der Waals surface area contributed by atoms with Gasteiger partial charge < -0.3 is 14.8 Å². The lowest BCUT2D eigenvalue weighted by Crippen LogP contribution is -2.07. The summed E-state index contributed by atoms with van der Waals surface area (Å²) in [7, 11) is 0. The summed E-state index contributed by atoms with van der Waals surface area (Å²) in [5, 5.41) is 4.65. The third-order valence-corrected chi connectivity index (χ3v) is 5.00. The molecular formula is C15H16N2O2S. The molecule has 20 heavy (non-hydrogen) atoms. The molecule has 2 aliphatic rings. The van der Waals surface area contributed by atoms with E-state index in [1.807, 2.05) is 23.5 Å². The molecule has 1 N–H and O–H groups in total. The molecule has 0 radical (unpaired) electrons. The number of aryl methyl sites for hydroxylation is 1. The third-order valence-electron chi connectivity index (χ3n) is 3.87. The van der Waals surface area contributed by atoms with Crippen molar-refractivity contribution in [3.8, 4) is 22.8 Å². The largest absolute Gasteiger partial charge is 0.454 e. The third kappa shape index (κ3) is 1.98. The number of fused-ring (bicyclic) bond motifs is 1. The Hall–Kier alpha value is -1.59. The van der Waals surface area contributed by atoms with Crippen molar-refractivity contribution in [3.63, 3.8) is 0 Å². The highest BCUT2D eigenvalue weighted by atomic mass is 32.1. The minimum absolute atomic E-state index is 0.313. The van der Waals surface area contributed by atoms with Gasteiger partial charge in [-0.2, -0.15) is 0 Å². The monoisotopic (exact) mass is 288 g/mol. The van der Waals surface area contributed by atoms with Gasteiger partial charge in [-0.25, -0.2) is 4.98 Å². The first-order valence-electron chi connectivity index (χ1n) is 6.89. The highest BCUT2D eigenvalue weighted by molar-refractivity contribution is 7.12. The van der Waals surface area contributed by atoms with E-state index in [9.17, 15) is 0 Å². The van der Waals surface area contributed by atoms with Crippen LogP contribution in [0.4, 0.5) is 0 Å². The number of hydrogen-bond donors (Lipinski definition) is 1. The molecule has 1 saturated heterocycles. The molecule has 5 heteroatoms. The van der Waals surface area contributed by atoms with E-state index < -0.39 is 0 Å². The smallest absolute Gasteiger partial charge is 0.231 e. The molecule has 1 aromatic heterocycles. The number of nitrogens with one attached hydrogen (secondary N) is 1.